The van der Waals surface area contributed by atoms with Gasteiger partial charge in [0, 0.05) is 32.4 Å². The third-order valence-corrected chi connectivity index (χ3v) is 5.94. The minimum Gasteiger partial charge on any atom is -0.460 e. The Labute approximate surface area is 132 Å². The Morgan fingerprint density at radius 2 is 1.95 bits per heavy atom. The molecule has 7 nitrogen and oxygen atoms in total. The molecule has 0 aliphatic carbocycles. The average Bonchev–Trinajstić information content (AvgIpc) is 3.33. The second-order valence-electron chi connectivity index (χ2n) is 4.99. The van der Waals surface area contributed by atoms with E-state index >= 15 is 0 Å². The maximum Gasteiger partial charge on any atom is 0.500 e. The molecule has 128 valence electrons. The van der Waals surface area contributed by atoms with Crippen molar-refractivity contribution in [2.45, 2.75) is 25.5 Å². The number of rotatable bonds is 13. The Bertz CT molecular complexity index is 353. The molecule has 0 amide bonds. The fourth-order valence-corrected chi connectivity index (χ4v) is 3.63. The van der Waals surface area contributed by atoms with Crippen molar-refractivity contribution >= 4 is 14.8 Å². The van der Waals surface area contributed by atoms with E-state index in [1.807, 2.05) is 0 Å². The molecule has 0 aromatic carbocycles. The molecule has 1 unspecified atom stereocenters. The van der Waals surface area contributed by atoms with Crippen molar-refractivity contribution in [2.24, 2.45) is 0 Å². The standard InChI is InChI=1S/C14H26O7Si/c1-12(2)14(15)19-7-8-21-22(16-3,17-4)9-5-6-18-10-13-11-20-13/h13H,1,5-11H2,2-4H3. The second-order valence-corrected chi connectivity index (χ2v) is 7.96. The molecule has 0 saturated carbocycles. The Morgan fingerprint density at radius 3 is 2.50 bits per heavy atom. The van der Waals surface area contributed by atoms with E-state index in [0.29, 0.717) is 24.8 Å². The number of hydrogen-bond donors (Lipinski definition) is 0. The predicted octanol–water partition coefficient (Wildman–Crippen LogP) is 1.16. The molecule has 0 bridgehead atoms. The summed E-state index contributed by atoms with van der Waals surface area (Å²) in [4.78, 5) is 11.3. The lowest BCUT2D eigenvalue weighted by molar-refractivity contribution is -0.140. The Hall–Kier alpha value is -0.773. The summed E-state index contributed by atoms with van der Waals surface area (Å²) in [7, 11) is 0.399. The first-order valence-corrected chi connectivity index (χ1v) is 9.22. The smallest absolute Gasteiger partial charge is 0.460 e. The van der Waals surface area contributed by atoms with Crippen molar-refractivity contribution in [1.29, 1.82) is 0 Å². The molecule has 0 N–H and O–H groups in total. The van der Waals surface area contributed by atoms with E-state index in [4.69, 9.17) is 27.5 Å². The first-order chi connectivity index (χ1) is 10.5. The molecule has 1 aliphatic heterocycles. The van der Waals surface area contributed by atoms with Crippen LogP contribution in [-0.2, 0) is 32.3 Å². The molecule has 22 heavy (non-hydrogen) atoms. The zero-order chi connectivity index (χ0) is 16.4. The van der Waals surface area contributed by atoms with Crippen LogP contribution in [0.5, 0.6) is 0 Å². The number of ether oxygens (including phenoxy) is 3. The zero-order valence-electron chi connectivity index (χ0n) is 13.6. The maximum atomic E-state index is 11.3. The van der Waals surface area contributed by atoms with Crippen LogP contribution in [0.15, 0.2) is 12.2 Å². The number of carbonyl (C=O) groups excluding carboxylic acids is 1. The van der Waals surface area contributed by atoms with Gasteiger partial charge in [0.25, 0.3) is 0 Å². The number of epoxide rings is 1. The highest BCUT2D eigenvalue weighted by atomic mass is 28.4. The van der Waals surface area contributed by atoms with Crippen molar-refractivity contribution in [3.63, 3.8) is 0 Å². The molecule has 1 saturated heterocycles. The lowest BCUT2D eigenvalue weighted by atomic mass is 10.4. The van der Waals surface area contributed by atoms with Crippen molar-refractivity contribution in [3.8, 4) is 0 Å². The van der Waals surface area contributed by atoms with Crippen molar-refractivity contribution in [1.82, 2.24) is 0 Å². The molecule has 1 atom stereocenters. The number of esters is 1. The summed E-state index contributed by atoms with van der Waals surface area (Å²) in [5, 5.41) is 0. The van der Waals surface area contributed by atoms with Crippen LogP contribution < -0.4 is 0 Å². The molecular weight excluding hydrogens is 308 g/mol. The largest absolute Gasteiger partial charge is 0.500 e. The van der Waals surface area contributed by atoms with E-state index in [1.54, 1.807) is 21.1 Å². The van der Waals surface area contributed by atoms with Gasteiger partial charge in [-0.15, -0.1) is 0 Å². The molecule has 1 rings (SSSR count). The molecule has 1 aliphatic rings. The van der Waals surface area contributed by atoms with E-state index in [-0.39, 0.29) is 19.3 Å². The summed E-state index contributed by atoms with van der Waals surface area (Å²) in [6, 6.07) is 0.639. The second kappa shape index (κ2) is 10.1. The van der Waals surface area contributed by atoms with E-state index in [9.17, 15) is 4.79 Å². The van der Waals surface area contributed by atoms with Crippen LogP contribution in [0.25, 0.3) is 0 Å². The summed E-state index contributed by atoms with van der Waals surface area (Å²) in [6.07, 6.45) is 1.04. The monoisotopic (exact) mass is 334 g/mol. The van der Waals surface area contributed by atoms with E-state index < -0.39 is 14.8 Å². The minimum absolute atomic E-state index is 0.142. The first-order valence-electron chi connectivity index (χ1n) is 7.29. The van der Waals surface area contributed by atoms with Gasteiger partial charge in [-0.05, 0) is 13.3 Å². The van der Waals surface area contributed by atoms with Crippen LogP contribution in [0, 0.1) is 0 Å². The molecule has 0 aromatic rings. The van der Waals surface area contributed by atoms with E-state index in [2.05, 4.69) is 6.58 Å². The highest BCUT2D eigenvalue weighted by Gasteiger charge is 2.38. The predicted molar refractivity (Wildman–Crippen MR) is 81.5 cm³/mol. The van der Waals surface area contributed by atoms with E-state index in [0.717, 1.165) is 13.0 Å². The van der Waals surface area contributed by atoms with Gasteiger partial charge >= 0.3 is 14.8 Å². The van der Waals surface area contributed by atoms with Gasteiger partial charge in [0.05, 0.1) is 19.8 Å². The fraction of sp³-hybridized carbons (Fsp3) is 0.786. The summed E-state index contributed by atoms with van der Waals surface area (Å²) in [5.74, 6) is -0.429. The molecule has 0 spiro atoms. The molecule has 0 aromatic heterocycles. The molecule has 0 radical (unpaired) electrons. The molecule has 1 fully saturated rings. The fourth-order valence-electron chi connectivity index (χ4n) is 1.70. The van der Waals surface area contributed by atoms with Gasteiger partial charge in [0.15, 0.2) is 0 Å². The normalized spacial score (nSPS) is 17.3. The Balaban J connectivity index is 2.19. The van der Waals surface area contributed by atoms with Crippen LogP contribution in [-0.4, -0.2) is 68.1 Å². The third-order valence-electron chi connectivity index (χ3n) is 3.09. The van der Waals surface area contributed by atoms with Gasteiger partial charge in [0.2, 0.25) is 0 Å². The lowest BCUT2D eigenvalue weighted by Crippen LogP contribution is -2.44. The van der Waals surface area contributed by atoms with Crippen LogP contribution in [0.1, 0.15) is 13.3 Å². The van der Waals surface area contributed by atoms with Crippen LogP contribution >= 0.6 is 0 Å². The molecule has 8 heteroatoms. The van der Waals surface area contributed by atoms with Gasteiger partial charge in [-0.2, -0.15) is 0 Å². The highest BCUT2D eigenvalue weighted by Crippen LogP contribution is 2.17. The Morgan fingerprint density at radius 1 is 1.27 bits per heavy atom. The summed E-state index contributed by atoms with van der Waals surface area (Å²) < 4.78 is 32.1. The van der Waals surface area contributed by atoms with Crippen molar-refractivity contribution in [2.75, 3.05) is 47.3 Å². The van der Waals surface area contributed by atoms with Gasteiger partial charge < -0.3 is 27.5 Å². The highest BCUT2D eigenvalue weighted by molar-refractivity contribution is 6.60. The SMILES string of the molecule is C=C(C)C(=O)OCCO[Si](CCCOCC1CO1)(OC)OC. The van der Waals surface area contributed by atoms with Gasteiger partial charge in [-0.1, -0.05) is 6.58 Å². The third kappa shape index (κ3) is 7.48. The summed E-state index contributed by atoms with van der Waals surface area (Å²) in [5.41, 5.74) is 0.360. The lowest BCUT2D eigenvalue weighted by Gasteiger charge is -2.26. The summed E-state index contributed by atoms with van der Waals surface area (Å²) in [6.45, 7) is 7.50. The van der Waals surface area contributed by atoms with Gasteiger partial charge in [0.1, 0.15) is 12.7 Å². The van der Waals surface area contributed by atoms with Crippen molar-refractivity contribution in [3.05, 3.63) is 12.2 Å². The van der Waals surface area contributed by atoms with Crippen LogP contribution in [0.3, 0.4) is 0 Å². The van der Waals surface area contributed by atoms with Crippen molar-refractivity contribution < 1.29 is 32.3 Å². The van der Waals surface area contributed by atoms with E-state index in [1.165, 1.54) is 0 Å². The quantitative estimate of drug-likeness (QED) is 0.164. The van der Waals surface area contributed by atoms with Gasteiger partial charge in [-0.25, -0.2) is 4.79 Å². The Kier molecular flexibility index (Phi) is 8.84. The zero-order valence-corrected chi connectivity index (χ0v) is 14.6. The van der Waals surface area contributed by atoms with Gasteiger partial charge in [-0.3, -0.25) is 0 Å². The minimum atomic E-state index is -2.73. The first kappa shape index (κ1) is 19.3. The molecular formula is C14H26O7Si. The number of hydrogen-bond acceptors (Lipinski definition) is 7. The van der Waals surface area contributed by atoms with Crippen LogP contribution in [0.2, 0.25) is 6.04 Å². The van der Waals surface area contributed by atoms with Crippen LogP contribution in [0.4, 0.5) is 0 Å². The maximum absolute atomic E-state index is 11.3. The average molecular weight is 334 g/mol. The molecule has 1 heterocycles. The number of carbonyl (C=O) groups is 1. The topological polar surface area (TPSA) is 75.8 Å². The summed E-state index contributed by atoms with van der Waals surface area (Å²) >= 11 is 0.